The van der Waals surface area contributed by atoms with Crippen molar-refractivity contribution >= 4 is 39.6 Å². The van der Waals surface area contributed by atoms with E-state index in [1.165, 1.54) is 18.3 Å². The van der Waals surface area contributed by atoms with Gasteiger partial charge in [0.25, 0.3) is 0 Å². The second kappa shape index (κ2) is 9.89. The van der Waals surface area contributed by atoms with Gasteiger partial charge in [-0.05, 0) is 42.7 Å². The molecule has 2 N–H and O–H groups in total. The van der Waals surface area contributed by atoms with Crippen molar-refractivity contribution in [3.8, 4) is 6.07 Å². The highest BCUT2D eigenvalue weighted by Crippen LogP contribution is 2.38. The molecule has 1 aliphatic carbocycles. The van der Waals surface area contributed by atoms with Gasteiger partial charge in [-0.2, -0.15) is 9.65 Å². The van der Waals surface area contributed by atoms with Gasteiger partial charge in [0.15, 0.2) is 5.82 Å². The molecule has 3 heterocycles. The SMILES string of the molecule is N#Cc1cnc2c(N[C@@H](c3ccc(F)cc3)c3cn(C4CC4)nn3)cc(Cl)cc2c1Nc1cnc(F)c(F)c1. The summed E-state index contributed by atoms with van der Waals surface area (Å²) in [6.07, 6.45) is 6.40. The number of nitriles is 1. The molecule has 0 bridgehead atoms. The average Bonchev–Trinajstić information content (AvgIpc) is 3.67. The molecule has 0 unspecified atom stereocenters. The molecule has 1 aliphatic rings. The maximum Gasteiger partial charge on any atom is 0.249 e. The number of nitrogens with one attached hydrogen (secondary N) is 2. The molecule has 194 valence electrons. The minimum absolute atomic E-state index is 0.133. The van der Waals surface area contributed by atoms with E-state index in [1.807, 2.05) is 10.9 Å². The Morgan fingerprint density at radius 1 is 1.05 bits per heavy atom. The van der Waals surface area contributed by atoms with Crippen molar-refractivity contribution in [1.82, 2.24) is 25.0 Å². The van der Waals surface area contributed by atoms with Crippen molar-refractivity contribution < 1.29 is 13.2 Å². The van der Waals surface area contributed by atoms with E-state index in [0.717, 1.165) is 30.7 Å². The van der Waals surface area contributed by atoms with Gasteiger partial charge in [0.2, 0.25) is 5.95 Å². The van der Waals surface area contributed by atoms with Crippen LogP contribution in [0.3, 0.4) is 0 Å². The monoisotopic (exact) mass is 546 g/mol. The summed E-state index contributed by atoms with van der Waals surface area (Å²) in [5.74, 6) is -2.75. The smallest absolute Gasteiger partial charge is 0.249 e. The lowest BCUT2D eigenvalue weighted by molar-refractivity contribution is 0.480. The number of hydrogen-bond acceptors (Lipinski definition) is 7. The Labute approximate surface area is 225 Å². The van der Waals surface area contributed by atoms with Gasteiger partial charge in [0.05, 0.1) is 52.6 Å². The molecular formula is C27H18ClF3N8. The highest BCUT2D eigenvalue weighted by Gasteiger charge is 2.27. The molecule has 39 heavy (non-hydrogen) atoms. The first-order valence-electron chi connectivity index (χ1n) is 11.9. The average molecular weight is 547 g/mol. The van der Waals surface area contributed by atoms with Crippen LogP contribution < -0.4 is 10.6 Å². The Kier molecular flexibility index (Phi) is 6.24. The van der Waals surface area contributed by atoms with Crippen molar-refractivity contribution in [3.05, 3.63) is 100 Å². The highest BCUT2D eigenvalue weighted by molar-refractivity contribution is 6.32. The zero-order valence-electron chi connectivity index (χ0n) is 20.0. The van der Waals surface area contributed by atoms with Gasteiger partial charge in [-0.25, -0.2) is 18.4 Å². The number of pyridine rings is 2. The molecule has 0 saturated heterocycles. The standard InChI is InChI=1S/C27H18ClF3N8/c28-16-7-20-24(35-18-9-21(30)27(31)34-12-18)15(10-32)11-33-26(20)22(8-16)36-25(14-1-3-17(29)4-2-14)23-13-39(38-37-23)19-5-6-19/h1-4,7-9,11-13,19,25,36H,5-6H2,(H,33,35)/t25-/m0/s1. The zero-order chi connectivity index (χ0) is 27.1. The Morgan fingerprint density at radius 2 is 1.85 bits per heavy atom. The summed E-state index contributed by atoms with van der Waals surface area (Å²) in [5.41, 5.74) is 2.87. The Bertz CT molecular complexity index is 1750. The van der Waals surface area contributed by atoms with Gasteiger partial charge in [-0.3, -0.25) is 4.98 Å². The van der Waals surface area contributed by atoms with E-state index in [-0.39, 0.29) is 17.1 Å². The molecule has 0 aliphatic heterocycles. The van der Waals surface area contributed by atoms with Crippen LogP contribution in [-0.4, -0.2) is 25.0 Å². The van der Waals surface area contributed by atoms with Crippen LogP contribution in [0.25, 0.3) is 10.9 Å². The Hall–Kier alpha value is -4.69. The van der Waals surface area contributed by atoms with Gasteiger partial charge < -0.3 is 10.6 Å². The first kappa shape index (κ1) is 24.6. The minimum atomic E-state index is -1.24. The van der Waals surface area contributed by atoms with Crippen molar-refractivity contribution in [3.63, 3.8) is 0 Å². The normalized spacial score (nSPS) is 13.7. The molecule has 1 atom stereocenters. The van der Waals surface area contributed by atoms with Crippen molar-refractivity contribution in [1.29, 1.82) is 5.26 Å². The predicted octanol–water partition coefficient (Wildman–Crippen LogP) is 6.44. The summed E-state index contributed by atoms with van der Waals surface area (Å²) in [4.78, 5) is 7.88. The molecule has 12 heteroatoms. The van der Waals surface area contributed by atoms with Crippen LogP contribution >= 0.6 is 11.6 Å². The third-order valence-electron chi connectivity index (χ3n) is 6.37. The molecule has 6 rings (SSSR count). The summed E-state index contributed by atoms with van der Waals surface area (Å²) >= 11 is 6.51. The van der Waals surface area contributed by atoms with Crippen LogP contribution in [0.1, 0.15) is 41.7 Å². The van der Waals surface area contributed by atoms with E-state index < -0.39 is 17.8 Å². The number of rotatable bonds is 7. The number of hydrogen-bond donors (Lipinski definition) is 2. The number of benzene rings is 2. The zero-order valence-corrected chi connectivity index (χ0v) is 20.8. The number of halogens is 4. The first-order chi connectivity index (χ1) is 18.9. The molecule has 0 spiro atoms. The maximum atomic E-state index is 13.8. The van der Waals surface area contributed by atoms with Crippen LogP contribution in [-0.2, 0) is 0 Å². The highest BCUT2D eigenvalue weighted by atomic mass is 35.5. The van der Waals surface area contributed by atoms with Crippen molar-refractivity contribution in [2.75, 3.05) is 10.6 Å². The molecule has 0 radical (unpaired) electrons. The predicted molar refractivity (Wildman–Crippen MR) is 139 cm³/mol. The third-order valence-corrected chi connectivity index (χ3v) is 6.59. The molecule has 1 fully saturated rings. The number of aromatic nitrogens is 5. The maximum absolute atomic E-state index is 13.8. The second-order valence-corrected chi connectivity index (χ2v) is 9.55. The molecule has 5 aromatic rings. The van der Waals surface area contributed by atoms with Gasteiger partial charge in [0.1, 0.15) is 17.6 Å². The lowest BCUT2D eigenvalue weighted by atomic mass is 10.0. The summed E-state index contributed by atoms with van der Waals surface area (Å²) in [5, 5.41) is 25.5. The summed E-state index contributed by atoms with van der Waals surface area (Å²) in [6, 6.07) is 12.1. The lowest BCUT2D eigenvalue weighted by Crippen LogP contribution is -2.14. The Balaban J connectivity index is 1.46. The van der Waals surface area contributed by atoms with Crippen molar-refractivity contribution in [2.45, 2.75) is 24.9 Å². The second-order valence-electron chi connectivity index (χ2n) is 9.11. The van der Waals surface area contributed by atoms with Crippen LogP contribution in [0, 0.1) is 28.9 Å². The fourth-order valence-corrected chi connectivity index (χ4v) is 4.53. The fraction of sp³-hybridized carbons (Fsp3) is 0.148. The van der Waals surface area contributed by atoms with Crippen LogP contribution in [0.2, 0.25) is 5.02 Å². The molecule has 2 aromatic carbocycles. The number of anilines is 3. The first-order valence-corrected chi connectivity index (χ1v) is 12.3. The van der Waals surface area contributed by atoms with E-state index in [9.17, 15) is 18.4 Å². The largest absolute Gasteiger partial charge is 0.371 e. The Morgan fingerprint density at radius 3 is 2.56 bits per heavy atom. The summed E-state index contributed by atoms with van der Waals surface area (Å²) in [7, 11) is 0. The lowest BCUT2D eigenvalue weighted by Gasteiger charge is -2.21. The number of fused-ring (bicyclic) bond motifs is 1. The van der Waals surface area contributed by atoms with Gasteiger partial charge in [0, 0.05) is 22.7 Å². The van der Waals surface area contributed by atoms with Gasteiger partial charge in [-0.15, -0.1) is 5.10 Å². The molecule has 1 saturated carbocycles. The van der Waals surface area contributed by atoms with Crippen LogP contribution in [0.5, 0.6) is 0 Å². The third kappa shape index (κ3) is 4.94. The van der Waals surface area contributed by atoms with Gasteiger partial charge in [-0.1, -0.05) is 28.9 Å². The van der Waals surface area contributed by atoms with E-state index in [4.69, 9.17) is 11.6 Å². The van der Waals surface area contributed by atoms with E-state index in [2.05, 4.69) is 37.0 Å². The quantitative estimate of drug-likeness (QED) is 0.226. The fourth-order valence-electron chi connectivity index (χ4n) is 4.31. The van der Waals surface area contributed by atoms with Crippen LogP contribution in [0.4, 0.5) is 30.2 Å². The minimum Gasteiger partial charge on any atom is -0.371 e. The molecule has 3 aromatic heterocycles. The summed E-state index contributed by atoms with van der Waals surface area (Å²) < 4.78 is 42.8. The topological polar surface area (TPSA) is 104 Å². The molecule has 0 amide bonds. The van der Waals surface area contributed by atoms with Crippen LogP contribution in [0.15, 0.2) is 61.1 Å². The van der Waals surface area contributed by atoms with E-state index in [1.54, 1.807) is 24.3 Å². The van der Waals surface area contributed by atoms with E-state index >= 15 is 0 Å². The van der Waals surface area contributed by atoms with E-state index in [0.29, 0.717) is 39.0 Å². The summed E-state index contributed by atoms with van der Waals surface area (Å²) in [6.45, 7) is 0. The molecule has 8 nitrogen and oxygen atoms in total. The molecular weight excluding hydrogens is 529 g/mol. The van der Waals surface area contributed by atoms with Gasteiger partial charge >= 0.3 is 0 Å². The number of nitrogens with zero attached hydrogens (tertiary/aromatic N) is 6. The van der Waals surface area contributed by atoms with Crippen molar-refractivity contribution in [2.24, 2.45) is 0 Å².